The average molecular weight is 450 g/mol. The highest BCUT2D eigenvalue weighted by atomic mass is 19.1. The van der Waals surface area contributed by atoms with Crippen molar-refractivity contribution in [3.05, 3.63) is 74.9 Å². The van der Waals surface area contributed by atoms with E-state index in [1.807, 2.05) is 13.0 Å². The van der Waals surface area contributed by atoms with E-state index in [0.717, 1.165) is 50.3 Å². The monoisotopic (exact) mass is 449 g/mol. The van der Waals surface area contributed by atoms with E-state index in [1.165, 1.54) is 17.2 Å². The second kappa shape index (κ2) is 8.86. The molecule has 33 heavy (non-hydrogen) atoms. The first kappa shape index (κ1) is 22.0. The summed E-state index contributed by atoms with van der Waals surface area (Å²) < 4.78 is 25.3. The van der Waals surface area contributed by atoms with Crippen LogP contribution in [0.1, 0.15) is 44.3 Å². The second-order valence-corrected chi connectivity index (χ2v) is 9.20. The number of carbonyl (C=O) groups excluding carboxylic acids is 1. The van der Waals surface area contributed by atoms with Crippen LogP contribution in [0, 0.1) is 26.2 Å². The molecule has 2 fully saturated rings. The van der Waals surface area contributed by atoms with Gasteiger partial charge in [0.2, 0.25) is 5.69 Å². The normalized spacial score (nSPS) is 23.0. The summed E-state index contributed by atoms with van der Waals surface area (Å²) in [6.45, 7) is 16.8. The molecule has 2 saturated heterocycles. The smallest absolute Gasteiger partial charge is 0.338 e. The zero-order chi connectivity index (χ0) is 23.1. The first-order valence-electron chi connectivity index (χ1n) is 11.5. The summed E-state index contributed by atoms with van der Waals surface area (Å²) in [5, 5.41) is 0. The van der Waals surface area contributed by atoms with Crippen LogP contribution in [0.25, 0.3) is 4.85 Å². The molecule has 5 rings (SSSR count). The highest BCUT2D eigenvalue weighted by Crippen LogP contribution is 2.34. The molecule has 0 aromatic heterocycles. The predicted octanol–water partition coefficient (Wildman–Crippen LogP) is 3.96. The molecule has 0 amide bonds. The van der Waals surface area contributed by atoms with Gasteiger partial charge in [0.05, 0.1) is 24.8 Å². The van der Waals surface area contributed by atoms with Crippen molar-refractivity contribution in [1.82, 2.24) is 9.80 Å². The van der Waals surface area contributed by atoms with Crippen molar-refractivity contribution in [2.24, 2.45) is 0 Å². The minimum absolute atomic E-state index is 0.0980. The maximum Gasteiger partial charge on any atom is 0.338 e. The van der Waals surface area contributed by atoms with Gasteiger partial charge in [-0.15, -0.1) is 0 Å². The Morgan fingerprint density at radius 1 is 1.15 bits per heavy atom. The lowest BCUT2D eigenvalue weighted by Crippen LogP contribution is -2.58. The molecule has 0 saturated carbocycles. The third kappa shape index (κ3) is 4.04. The van der Waals surface area contributed by atoms with Crippen LogP contribution < -0.4 is 0 Å². The number of hydrogen-bond acceptors (Lipinski definition) is 5. The topological polar surface area (TPSA) is 46.4 Å². The van der Waals surface area contributed by atoms with Crippen LogP contribution in [0.2, 0.25) is 0 Å². The summed E-state index contributed by atoms with van der Waals surface area (Å²) >= 11 is 0. The number of morpholine rings is 1. The lowest BCUT2D eigenvalue weighted by Gasteiger charge is -2.46. The zero-order valence-electron chi connectivity index (χ0n) is 19.1. The summed E-state index contributed by atoms with van der Waals surface area (Å²) in [4.78, 5) is 20.1. The second-order valence-electron chi connectivity index (χ2n) is 9.20. The Kier molecular flexibility index (Phi) is 5.92. The lowest BCUT2D eigenvalue weighted by molar-refractivity contribution is -0.0902. The van der Waals surface area contributed by atoms with Gasteiger partial charge >= 0.3 is 5.97 Å². The molecule has 7 heteroatoms. The Balaban J connectivity index is 1.20. The van der Waals surface area contributed by atoms with Crippen molar-refractivity contribution in [2.45, 2.75) is 39.0 Å². The summed E-state index contributed by atoms with van der Waals surface area (Å²) in [5.74, 6) is -0.682. The van der Waals surface area contributed by atoms with E-state index in [1.54, 1.807) is 6.07 Å². The van der Waals surface area contributed by atoms with Crippen LogP contribution in [0.15, 0.2) is 24.3 Å². The number of cyclic esters (lactones) is 1. The molecular weight excluding hydrogens is 421 g/mol. The standard InChI is InChI=1S/C26H28FN3O3/c1-16-18(4-5-21-22(16)15-33-26(21)31)8-9-29-10-11-30-13-24(32-14-19(30)12-29)20-6-7-23(27)25(28-3)17(20)2/h4-7,19,24H,8-15H2,1-2H3/t19-,24+/m1/s1. The fourth-order valence-corrected chi connectivity index (χ4v) is 5.36. The van der Waals surface area contributed by atoms with Gasteiger partial charge in [-0.1, -0.05) is 12.1 Å². The Labute approximate surface area is 193 Å². The molecule has 3 heterocycles. The molecule has 2 aromatic rings. The summed E-state index contributed by atoms with van der Waals surface area (Å²) in [6, 6.07) is 7.44. The van der Waals surface area contributed by atoms with E-state index in [0.29, 0.717) is 30.4 Å². The number of benzene rings is 2. The van der Waals surface area contributed by atoms with Crippen LogP contribution in [-0.2, 0) is 22.5 Å². The summed E-state index contributed by atoms with van der Waals surface area (Å²) in [5.41, 5.74) is 5.89. The van der Waals surface area contributed by atoms with Gasteiger partial charge in [-0.05, 0) is 54.7 Å². The molecule has 0 spiro atoms. The minimum Gasteiger partial charge on any atom is -0.457 e. The zero-order valence-corrected chi connectivity index (χ0v) is 19.1. The summed E-state index contributed by atoms with van der Waals surface area (Å²) in [7, 11) is 0. The first-order chi connectivity index (χ1) is 16.0. The van der Waals surface area contributed by atoms with E-state index in [4.69, 9.17) is 16.0 Å². The van der Waals surface area contributed by atoms with Crippen LogP contribution >= 0.6 is 0 Å². The number of fused-ring (bicyclic) bond motifs is 2. The largest absolute Gasteiger partial charge is 0.457 e. The number of halogens is 1. The van der Waals surface area contributed by atoms with Gasteiger partial charge in [0.1, 0.15) is 12.4 Å². The van der Waals surface area contributed by atoms with Crippen LogP contribution in [-0.4, -0.2) is 61.1 Å². The fourth-order valence-electron chi connectivity index (χ4n) is 5.36. The van der Waals surface area contributed by atoms with Gasteiger partial charge in [-0.2, -0.15) is 0 Å². The molecule has 0 N–H and O–H groups in total. The van der Waals surface area contributed by atoms with Gasteiger partial charge < -0.3 is 14.4 Å². The molecule has 0 radical (unpaired) electrons. The van der Waals surface area contributed by atoms with Crippen molar-refractivity contribution in [3.8, 4) is 0 Å². The van der Waals surface area contributed by atoms with Crippen LogP contribution in [0.4, 0.5) is 10.1 Å². The van der Waals surface area contributed by atoms with Gasteiger partial charge in [0.15, 0.2) is 0 Å². The molecule has 0 aliphatic carbocycles. The Hall–Kier alpha value is -2.79. The van der Waals surface area contributed by atoms with Crippen molar-refractivity contribution in [3.63, 3.8) is 0 Å². The third-order valence-corrected chi connectivity index (χ3v) is 7.44. The van der Waals surface area contributed by atoms with Gasteiger partial charge in [0.25, 0.3) is 0 Å². The minimum atomic E-state index is -0.466. The SMILES string of the molecule is [C-]#[N+]c1c(F)ccc([C@@H]2CN3CCN(CCc4ccc5c(c4C)COC5=O)C[C@@H]3CO2)c1C. The molecule has 6 nitrogen and oxygen atoms in total. The average Bonchev–Trinajstić information content (AvgIpc) is 3.20. The molecule has 0 bridgehead atoms. The molecule has 2 atom stereocenters. The van der Waals surface area contributed by atoms with E-state index in [-0.39, 0.29) is 17.8 Å². The number of piperazine rings is 1. The molecule has 2 aromatic carbocycles. The molecular formula is C26H28FN3O3. The third-order valence-electron chi connectivity index (χ3n) is 7.44. The van der Waals surface area contributed by atoms with Crippen molar-refractivity contribution in [1.29, 1.82) is 0 Å². The number of hydrogen-bond donors (Lipinski definition) is 0. The lowest BCUT2D eigenvalue weighted by atomic mass is 9.96. The number of nitrogens with zero attached hydrogens (tertiary/aromatic N) is 3. The van der Waals surface area contributed by atoms with Gasteiger partial charge in [-0.25, -0.2) is 14.0 Å². The Morgan fingerprint density at radius 3 is 2.82 bits per heavy atom. The van der Waals surface area contributed by atoms with Gasteiger partial charge in [0, 0.05) is 44.3 Å². The van der Waals surface area contributed by atoms with Gasteiger partial charge in [-0.3, -0.25) is 4.90 Å². The Morgan fingerprint density at radius 2 is 2.00 bits per heavy atom. The highest BCUT2D eigenvalue weighted by Gasteiger charge is 2.35. The Bertz CT molecular complexity index is 1140. The van der Waals surface area contributed by atoms with Crippen molar-refractivity contribution in [2.75, 3.05) is 39.3 Å². The molecule has 3 aliphatic heterocycles. The van der Waals surface area contributed by atoms with E-state index >= 15 is 0 Å². The van der Waals surface area contributed by atoms with E-state index in [2.05, 4.69) is 27.6 Å². The van der Waals surface area contributed by atoms with Crippen molar-refractivity contribution < 1.29 is 18.7 Å². The van der Waals surface area contributed by atoms with E-state index in [9.17, 15) is 9.18 Å². The van der Waals surface area contributed by atoms with Crippen LogP contribution in [0.3, 0.4) is 0 Å². The molecule has 0 unspecified atom stereocenters. The maximum atomic E-state index is 13.9. The summed E-state index contributed by atoms with van der Waals surface area (Å²) in [6.07, 6.45) is 0.811. The van der Waals surface area contributed by atoms with Crippen LogP contribution in [0.5, 0.6) is 0 Å². The number of carbonyl (C=O) groups is 1. The maximum absolute atomic E-state index is 13.9. The highest BCUT2D eigenvalue weighted by molar-refractivity contribution is 5.93. The number of esters is 1. The molecule has 172 valence electrons. The predicted molar refractivity (Wildman–Crippen MR) is 122 cm³/mol. The molecule has 3 aliphatic rings. The number of ether oxygens (including phenoxy) is 2. The number of rotatable bonds is 4. The fraction of sp³-hybridized carbons (Fsp3) is 0.462. The first-order valence-corrected chi connectivity index (χ1v) is 11.5. The van der Waals surface area contributed by atoms with Crippen molar-refractivity contribution >= 4 is 11.7 Å². The quantitative estimate of drug-likeness (QED) is 0.522. The van der Waals surface area contributed by atoms with E-state index < -0.39 is 5.82 Å².